The van der Waals surface area contributed by atoms with Gasteiger partial charge in [0.1, 0.15) is 0 Å². The second kappa shape index (κ2) is 44.2. The Morgan fingerprint density at radius 2 is 1.41 bits per heavy atom. The van der Waals surface area contributed by atoms with E-state index in [1.165, 1.54) is 18.9 Å². The monoisotopic (exact) mass is 780 g/mol. The summed E-state index contributed by atoms with van der Waals surface area (Å²) in [6, 6.07) is -0.211. The van der Waals surface area contributed by atoms with Crippen LogP contribution >= 0.6 is 0 Å². The molecule has 2 rings (SSSR count). The number of imidazole rings is 1. The molecule has 0 fully saturated rings. The average molecular weight is 780 g/mol. The molecule has 0 spiro atoms. The number of hydrogen-bond acceptors (Lipinski definition) is 11. The minimum absolute atomic E-state index is 0. The van der Waals surface area contributed by atoms with Crippen LogP contribution in [0.3, 0.4) is 0 Å². The van der Waals surface area contributed by atoms with E-state index in [0.29, 0.717) is 26.2 Å². The Morgan fingerprint density at radius 3 is 1.61 bits per heavy atom. The number of carbonyl (C=O) groups excluding carboxylic acids is 1. The number of aromatic nitrogens is 6. The number of urea groups is 1. The molecule has 2 heterocycles. The van der Waals surface area contributed by atoms with Crippen molar-refractivity contribution in [2.75, 3.05) is 54.6 Å². The number of hydrogen-bond donors (Lipinski definition) is 5. The SMILES string of the molecule is CCN.CCNC(=O)NCC(OC)OC.CCn1cc[nH]c1=O.COC(CN)OC.[B].[B].[CH2-]n1nnn(CC)c1=O.[CH3-].[Y].[Y]. The minimum Gasteiger partial charge on any atom is -0.359 e. The van der Waals surface area contributed by atoms with Gasteiger partial charge < -0.3 is 62.9 Å². The van der Waals surface area contributed by atoms with Gasteiger partial charge in [0, 0.05) is 149 Å². The van der Waals surface area contributed by atoms with Crippen LogP contribution in [-0.2, 0) is 97.5 Å². The summed E-state index contributed by atoms with van der Waals surface area (Å²) in [5, 5.41) is 12.1. The van der Waals surface area contributed by atoms with Gasteiger partial charge in [-0.25, -0.2) is 9.59 Å². The number of nitrogens with one attached hydrogen (secondary N) is 3. The second-order valence-corrected chi connectivity index (χ2v) is 6.81. The van der Waals surface area contributed by atoms with E-state index in [1.807, 2.05) is 27.7 Å². The van der Waals surface area contributed by atoms with Crippen LogP contribution in [0, 0.1) is 14.5 Å². The average Bonchev–Trinajstić information content (AvgIpc) is 3.51. The fourth-order valence-electron chi connectivity index (χ4n) is 2.05. The number of tetrazole rings is 1. The van der Waals surface area contributed by atoms with Crippen LogP contribution in [0.5, 0.6) is 0 Å². The Morgan fingerprint density at radius 1 is 0.932 bits per heavy atom. The van der Waals surface area contributed by atoms with Crippen molar-refractivity contribution < 1.29 is 89.2 Å². The third kappa shape index (κ3) is 34.0. The summed E-state index contributed by atoms with van der Waals surface area (Å²) in [7, 11) is 9.45. The molecule has 17 nitrogen and oxygen atoms in total. The van der Waals surface area contributed by atoms with E-state index in [1.54, 1.807) is 31.2 Å². The number of methoxy groups -OCH3 is 4. The van der Waals surface area contributed by atoms with E-state index in [9.17, 15) is 14.4 Å². The van der Waals surface area contributed by atoms with E-state index < -0.39 is 0 Å². The molecule has 2 aromatic heterocycles. The van der Waals surface area contributed by atoms with Gasteiger partial charge in [-0.05, 0) is 27.3 Å². The smallest absolute Gasteiger partial charge is 0.325 e. The summed E-state index contributed by atoms with van der Waals surface area (Å²) >= 11 is 0. The Balaban J connectivity index is -0.0000000620. The number of aromatic amines is 1. The molecule has 0 atom stereocenters. The molecule has 0 aliphatic heterocycles. The third-order valence-electron chi connectivity index (χ3n) is 4.07. The molecular formula is C23H52B2N10O7Y2-2. The van der Waals surface area contributed by atoms with Gasteiger partial charge in [-0.15, -0.1) is 7.05 Å². The molecule has 7 N–H and O–H groups in total. The van der Waals surface area contributed by atoms with E-state index in [2.05, 4.69) is 33.1 Å². The zero-order valence-corrected chi connectivity index (χ0v) is 33.5. The first-order chi connectivity index (χ1) is 18.6. The maximum Gasteiger partial charge on any atom is 0.325 e. The molecule has 2 aromatic rings. The van der Waals surface area contributed by atoms with Crippen LogP contribution in [0.15, 0.2) is 22.0 Å². The molecule has 250 valence electrons. The number of nitrogens with two attached hydrogens (primary N) is 2. The topological polar surface area (TPSA) is 221 Å². The molecule has 44 heavy (non-hydrogen) atoms. The predicted octanol–water partition coefficient (Wildman–Crippen LogP) is -1.57. The fourth-order valence-corrected chi connectivity index (χ4v) is 2.05. The molecule has 0 bridgehead atoms. The van der Waals surface area contributed by atoms with Crippen molar-refractivity contribution in [3.63, 3.8) is 0 Å². The first-order valence-electron chi connectivity index (χ1n) is 12.2. The normalized spacial score (nSPS) is 8.55. The van der Waals surface area contributed by atoms with Gasteiger partial charge in [-0.2, -0.15) is 0 Å². The molecule has 0 saturated heterocycles. The summed E-state index contributed by atoms with van der Waals surface area (Å²) in [4.78, 5) is 34.7. The molecular weight excluding hydrogens is 728 g/mol. The Hall–Kier alpha value is -0.882. The Bertz CT molecular complexity index is 924. The molecule has 0 saturated carbocycles. The molecule has 0 aliphatic carbocycles. The van der Waals surface area contributed by atoms with E-state index >= 15 is 0 Å². The van der Waals surface area contributed by atoms with Crippen molar-refractivity contribution in [3.8, 4) is 0 Å². The van der Waals surface area contributed by atoms with Crippen molar-refractivity contribution in [1.29, 1.82) is 0 Å². The van der Waals surface area contributed by atoms with Crippen molar-refractivity contribution in [1.82, 2.24) is 40.0 Å². The molecule has 8 radical (unpaired) electrons. The predicted molar refractivity (Wildman–Crippen MR) is 166 cm³/mol. The second-order valence-electron chi connectivity index (χ2n) is 6.81. The maximum absolute atomic E-state index is 10.8. The standard InChI is InChI=1S/C7H16N2O3.C5H8N2O.C4H7N4O.C4H11NO2.C2H7N.CH3.2B.2Y/c1-4-8-7(10)9-5-6(11-2)12-3;1-2-7-4-3-6-5(7)8;1-3-8-4(9)7(2)5-6-8;1-6-4(3-5)7-2;1-2-3;;;;;/h6H,4-5H2,1-3H3,(H2,8,9,10);3-4H,2H2,1H3,(H,6,8);2-3H2,1H3;4H,3,5H2,1-2H3;2-3H2,1H3;1H3;;;;/q;;-1;;;-1;;;;. The third-order valence-corrected chi connectivity index (χ3v) is 4.07. The molecule has 0 aromatic carbocycles. The van der Waals surface area contributed by atoms with E-state index in [-0.39, 0.29) is 120 Å². The van der Waals surface area contributed by atoms with Gasteiger partial charge in [-0.1, -0.05) is 17.4 Å². The van der Waals surface area contributed by atoms with Gasteiger partial charge in [0.2, 0.25) is 5.69 Å². The van der Waals surface area contributed by atoms with Crippen molar-refractivity contribution in [2.45, 2.75) is 53.4 Å². The quantitative estimate of drug-likeness (QED) is 0.105. The van der Waals surface area contributed by atoms with Crippen LogP contribution in [-0.4, -0.2) is 119 Å². The maximum atomic E-state index is 10.8. The number of aryl methyl sites for hydroxylation is 2. The number of carbonyl (C=O) groups is 1. The zero-order valence-electron chi connectivity index (χ0n) is 27.8. The van der Waals surface area contributed by atoms with Crippen molar-refractivity contribution >= 4 is 22.9 Å². The van der Waals surface area contributed by atoms with Crippen molar-refractivity contribution in [3.05, 3.63) is 47.8 Å². The fraction of sp³-hybridized carbons (Fsp3) is 0.696. The first kappa shape index (κ1) is 62.0. The molecule has 2 amide bonds. The van der Waals surface area contributed by atoms with E-state index in [4.69, 9.17) is 30.4 Å². The van der Waals surface area contributed by atoms with Gasteiger partial charge in [0.05, 0.1) is 6.54 Å². The Labute approximate surface area is 316 Å². The van der Waals surface area contributed by atoms with Crippen LogP contribution in [0.1, 0.15) is 27.7 Å². The number of rotatable bonds is 10. The summed E-state index contributed by atoms with van der Waals surface area (Å²) in [6.07, 6.45) is 2.74. The van der Waals surface area contributed by atoms with Gasteiger partial charge >= 0.3 is 11.7 Å². The molecule has 0 aliphatic rings. The van der Waals surface area contributed by atoms with Crippen LogP contribution in [0.4, 0.5) is 4.79 Å². The number of nitrogens with zero attached hydrogens (tertiary/aromatic N) is 5. The number of H-pyrrole nitrogens is 1. The van der Waals surface area contributed by atoms with Crippen LogP contribution < -0.4 is 33.5 Å². The summed E-state index contributed by atoms with van der Waals surface area (Å²) in [5.74, 6) is 0. The first-order valence-corrected chi connectivity index (χ1v) is 12.2. The number of amides is 2. The van der Waals surface area contributed by atoms with Crippen molar-refractivity contribution in [2.24, 2.45) is 11.5 Å². The summed E-state index contributed by atoms with van der Waals surface area (Å²) in [6.45, 7) is 10.9. The zero-order chi connectivity index (χ0) is 30.6. The Kier molecular flexibility index (Phi) is 62.4. The van der Waals surface area contributed by atoms with Crippen LogP contribution in [0.2, 0.25) is 0 Å². The van der Waals surface area contributed by atoms with Gasteiger partial charge in [0.15, 0.2) is 12.6 Å². The summed E-state index contributed by atoms with van der Waals surface area (Å²) in [5.41, 5.74) is 9.68. The minimum atomic E-state index is -0.382. The summed E-state index contributed by atoms with van der Waals surface area (Å²) < 4.78 is 22.9. The molecule has 0 unspecified atom stereocenters. The molecule has 21 heteroatoms. The largest absolute Gasteiger partial charge is 0.359 e. The number of ether oxygens (including phenoxy) is 4. The van der Waals surface area contributed by atoms with Crippen LogP contribution in [0.25, 0.3) is 0 Å². The van der Waals surface area contributed by atoms with Gasteiger partial charge in [0.25, 0.3) is 0 Å². The van der Waals surface area contributed by atoms with E-state index in [0.717, 1.165) is 17.8 Å². The van der Waals surface area contributed by atoms with Gasteiger partial charge in [-0.3, -0.25) is 9.25 Å².